The number of halogens is 2. The third kappa shape index (κ3) is 5.19. The molecule has 0 radical (unpaired) electrons. The summed E-state index contributed by atoms with van der Waals surface area (Å²) in [6, 6.07) is 5.16. The van der Waals surface area contributed by atoms with Crippen molar-refractivity contribution in [3.63, 3.8) is 0 Å². The maximum Gasteiger partial charge on any atom is 0.261 e. The van der Waals surface area contributed by atoms with Gasteiger partial charge in [-0.3, -0.25) is 10.6 Å². The van der Waals surface area contributed by atoms with E-state index in [0.29, 0.717) is 11.3 Å². The van der Waals surface area contributed by atoms with Crippen molar-refractivity contribution in [3.8, 4) is 0 Å². The number of benzene rings is 1. The predicted octanol–water partition coefficient (Wildman–Crippen LogP) is 1.29. The number of aryl methyl sites for hydroxylation is 1. The van der Waals surface area contributed by atoms with Crippen LogP contribution in [-0.2, 0) is 4.74 Å². The molecular weight excluding hydrogens is 256 g/mol. The highest BCUT2D eigenvalue weighted by atomic mass is 19.3. The van der Waals surface area contributed by atoms with E-state index in [2.05, 4.69) is 15.5 Å². The minimum absolute atomic E-state index is 0.0350. The summed E-state index contributed by atoms with van der Waals surface area (Å²) in [5, 5.41) is 2.56. The van der Waals surface area contributed by atoms with Crippen LogP contribution in [0.15, 0.2) is 18.2 Å². The number of hydrogen-bond donors (Lipinski definition) is 3. The second-order valence-corrected chi connectivity index (χ2v) is 3.92. The SMILES string of the molecule is Cc1ccc(C(=O)NCCOCC(F)F)c(NN)c1. The van der Waals surface area contributed by atoms with Crippen molar-refractivity contribution < 1.29 is 18.3 Å². The molecular formula is C12H17F2N3O2. The molecule has 0 aromatic heterocycles. The Hall–Kier alpha value is -1.73. The number of anilines is 1. The molecule has 1 aromatic carbocycles. The van der Waals surface area contributed by atoms with Crippen LogP contribution in [0.25, 0.3) is 0 Å². The first-order valence-electron chi connectivity index (χ1n) is 5.76. The van der Waals surface area contributed by atoms with Gasteiger partial charge < -0.3 is 15.5 Å². The Morgan fingerprint density at radius 1 is 1.47 bits per heavy atom. The molecule has 4 N–H and O–H groups in total. The van der Waals surface area contributed by atoms with Crippen molar-refractivity contribution in [3.05, 3.63) is 29.3 Å². The van der Waals surface area contributed by atoms with E-state index in [4.69, 9.17) is 5.84 Å². The van der Waals surface area contributed by atoms with Crippen LogP contribution < -0.4 is 16.6 Å². The van der Waals surface area contributed by atoms with Crippen molar-refractivity contribution in [2.24, 2.45) is 5.84 Å². The van der Waals surface area contributed by atoms with Crippen LogP contribution in [0.3, 0.4) is 0 Å². The minimum atomic E-state index is -2.50. The number of amides is 1. The summed E-state index contributed by atoms with van der Waals surface area (Å²) in [5.74, 6) is 4.99. The van der Waals surface area contributed by atoms with E-state index in [1.165, 1.54) is 0 Å². The molecule has 0 saturated heterocycles. The van der Waals surface area contributed by atoms with Crippen LogP contribution in [0.1, 0.15) is 15.9 Å². The zero-order valence-electron chi connectivity index (χ0n) is 10.6. The molecule has 0 bridgehead atoms. The summed E-state index contributed by atoms with van der Waals surface area (Å²) < 4.78 is 28.2. The Balaban J connectivity index is 2.45. The number of rotatable bonds is 7. The maximum atomic E-state index is 11.8. The molecule has 0 atom stereocenters. The quantitative estimate of drug-likeness (QED) is 0.397. The van der Waals surface area contributed by atoms with Crippen molar-refractivity contribution in [1.29, 1.82) is 0 Å². The third-order valence-corrected chi connectivity index (χ3v) is 2.35. The lowest BCUT2D eigenvalue weighted by Crippen LogP contribution is -2.29. The molecule has 1 rings (SSSR count). The highest BCUT2D eigenvalue weighted by Gasteiger charge is 2.10. The number of carbonyl (C=O) groups excluding carboxylic acids is 1. The standard InChI is InChI=1S/C12H17F2N3O2/c1-8-2-3-9(10(6-8)17-15)12(18)16-4-5-19-7-11(13)14/h2-3,6,11,17H,4-5,7,15H2,1H3,(H,16,18). The van der Waals surface area contributed by atoms with E-state index in [-0.39, 0.29) is 19.1 Å². The van der Waals surface area contributed by atoms with E-state index < -0.39 is 13.0 Å². The lowest BCUT2D eigenvalue weighted by molar-refractivity contribution is 0.0188. The largest absolute Gasteiger partial charge is 0.374 e. The fourth-order valence-electron chi connectivity index (χ4n) is 1.48. The van der Waals surface area contributed by atoms with Crippen molar-refractivity contribution in [2.75, 3.05) is 25.2 Å². The molecule has 0 heterocycles. The van der Waals surface area contributed by atoms with Gasteiger partial charge in [0.05, 0.1) is 17.9 Å². The molecule has 0 aliphatic heterocycles. The molecule has 0 spiro atoms. The zero-order valence-corrected chi connectivity index (χ0v) is 10.6. The second kappa shape index (κ2) is 7.65. The van der Waals surface area contributed by atoms with Crippen LogP contribution in [-0.4, -0.2) is 32.1 Å². The van der Waals surface area contributed by atoms with E-state index >= 15 is 0 Å². The van der Waals surface area contributed by atoms with Gasteiger partial charge in [-0.25, -0.2) is 8.78 Å². The molecule has 0 aliphatic rings. The molecule has 5 nitrogen and oxygen atoms in total. The number of hydrazine groups is 1. The fraction of sp³-hybridized carbons (Fsp3) is 0.417. The Morgan fingerprint density at radius 3 is 2.84 bits per heavy atom. The van der Waals surface area contributed by atoms with E-state index in [1.54, 1.807) is 18.2 Å². The van der Waals surface area contributed by atoms with Gasteiger partial charge in [0, 0.05) is 6.54 Å². The normalized spacial score (nSPS) is 10.6. The Morgan fingerprint density at radius 2 is 2.21 bits per heavy atom. The monoisotopic (exact) mass is 273 g/mol. The molecule has 0 saturated carbocycles. The Bertz CT molecular complexity index is 427. The Kier molecular flexibility index (Phi) is 6.17. The Labute approximate surface area is 110 Å². The lowest BCUT2D eigenvalue weighted by atomic mass is 10.1. The van der Waals surface area contributed by atoms with E-state index in [1.807, 2.05) is 6.92 Å². The molecule has 0 aliphatic carbocycles. The molecule has 106 valence electrons. The van der Waals surface area contributed by atoms with Crippen LogP contribution in [0.5, 0.6) is 0 Å². The van der Waals surface area contributed by atoms with Gasteiger partial charge in [-0.1, -0.05) is 6.07 Å². The van der Waals surface area contributed by atoms with Gasteiger partial charge in [-0.15, -0.1) is 0 Å². The van der Waals surface area contributed by atoms with Gasteiger partial charge >= 0.3 is 0 Å². The lowest BCUT2D eigenvalue weighted by Gasteiger charge is -2.10. The van der Waals surface area contributed by atoms with E-state index in [9.17, 15) is 13.6 Å². The van der Waals surface area contributed by atoms with Gasteiger partial charge in [-0.05, 0) is 24.6 Å². The number of hydrogen-bond acceptors (Lipinski definition) is 4. The molecule has 0 unspecified atom stereocenters. The van der Waals surface area contributed by atoms with Gasteiger partial charge in [-0.2, -0.15) is 0 Å². The maximum absolute atomic E-state index is 11.8. The fourth-order valence-corrected chi connectivity index (χ4v) is 1.48. The van der Waals surface area contributed by atoms with Crippen LogP contribution in [0.2, 0.25) is 0 Å². The number of nitrogens with one attached hydrogen (secondary N) is 2. The van der Waals surface area contributed by atoms with Crippen LogP contribution in [0, 0.1) is 6.92 Å². The molecule has 1 amide bonds. The van der Waals surface area contributed by atoms with Gasteiger partial charge in [0.25, 0.3) is 12.3 Å². The summed E-state index contributed by atoms with van der Waals surface area (Å²) in [6.45, 7) is 1.44. The minimum Gasteiger partial charge on any atom is -0.374 e. The van der Waals surface area contributed by atoms with Crippen molar-refractivity contribution in [2.45, 2.75) is 13.3 Å². The first-order chi connectivity index (χ1) is 9.04. The molecule has 0 fully saturated rings. The summed E-state index contributed by atoms with van der Waals surface area (Å²) in [7, 11) is 0. The summed E-state index contributed by atoms with van der Waals surface area (Å²) in [4.78, 5) is 11.8. The van der Waals surface area contributed by atoms with Crippen molar-refractivity contribution in [1.82, 2.24) is 5.32 Å². The first kappa shape index (κ1) is 15.3. The molecule has 7 heteroatoms. The summed E-state index contributed by atoms with van der Waals surface area (Å²) in [5.41, 5.74) is 4.30. The topological polar surface area (TPSA) is 76.4 Å². The number of nitrogen functional groups attached to an aromatic ring is 1. The smallest absolute Gasteiger partial charge is 0.261 e. The van der Waals surface area contributed by atoms with Crippen molar-refractivity contribution >= 4 is 11.6 Å². The second-order valence-electron chi connectivity index (χ2n) is 3.92. The summed E-state index contributed by atoms with van der Waals surface area (Å²) in [6.07, 6.45) is -2.50. The van der Waals surface area contributed by atoms with Crippen LogP contribution in [0.4, 0.5) is 14.5 Å². The number of ether oxygens (including phenoxy) is 1. The molecule has 1 aromatic rings. The average Bonchev–Trinajstić information content (AvgIpc) is 2.37. The highest BCUT2D eigenvalue weighted by molar-refractivity contribution is 5.99. The highest BCUT2D eigenvalue weighted by Crippen LogP contribution is 2.16. The average molecular weight is 273 g/mol. The summed E-state index contributed by atoms with van der Waals surface area (Å²) >= 11 is 0. The molecule has 19 heavy (non-hydrogen) atoms. The predicted molar refractivity (Wildman–Crippen MR) is 68.1 cm³/mol. The van der Waals surface area contributed by atoms with Crippen LogP contribution >= 0.6 is 0 Å². The third-order valence-electron chi connectivity index (χ3n) is 2.35. The van der Waals surface area contributed by atoms with Gasteiger partial charge in [0.1, 0.15) is 6.61 Å². The first-order valence-corrected chi connectivity index (χ1v) is 5.76. The van der Waals surface area contributed by atoms with E-state index in [0.717, 1.165) is 5.56 Å². The number of alkyl halides is 2. The zero-order chi connectivity index (χ0) is 14.3. The number of carbonyl (C=O) groups is 1. The van der Waals surface area contributed by atoms with Gasteiger partial charge in [0.2, 0.25) is 0 Å². The van der Waals surface area contributed by atoms with Gasteiger partial charge in [0.15, 0.2) is 0 Å². The number of nitrogens with two attached hydrogens (primary N) is 1.